The number of hydrogen-bond acceptors (Lipinski definition) is 5. The van der Waals surface area contributed by atoms with Crippen molar-refractivity contribution in [2.75, 3.05) is 19.5 Å². The molecule has 1 atom stereocenters. The highest BCUT2D eigenvalue weighted by Gasteiger charge is 2.15. The maximum absolute atomic E-state index is 11.0. The van der Waals surface area contributed by atoms with Crippen molar-refractivity contribution in [1.29, 1.82) is 0 Å². The minimum absolute atomic E-state index is 0.177. The van der Waals surface area contributed by atoms with Gasteiger partial charge in [0, 0.05) is 0 Å². The third-order valence-corrected chi connectivity index (χ3v) is 2.39. The first kappa shape index (κ1) is 12.3. The fourth-order valence-electron chi connectivity index (χ4n) is 0.580. The molecule has 0 fully saturated rings. The third-order valence-electron chi connectivity index (χ3n) is 1.30. The van der Waals surface area contributed by atoms with Crippen LogP contribution >= 0.6 is 11.8 Å². The molecule has 0 aromatic carbocycles. The second kappa shape index (κ2) is 6.77. The maximum atomic E-state index is 11.0. The monoisotopic (exact) mass is 206 g/mol. The topological polar surface area (TPSA) is 52.6 Å². The van der Waals surface area contributed by atoms with Gasteiger partial charge in [0.05, 0.1) is 19.5 Å². The Kier molecular flexibility index (Phi) is 6.40. The van der Waals surface area contributed by atoms with Crippen LogP contribution in [0, 0.1) is 0 Å². The standard InChI is InChI=1S/C8H14O4S/c1-4-12-8(10)6(2)13-5-7(9)11-3/h6H,4-5H2,1-3H3/t6-/m1/s1. The molecule has 0 radical (unpaired) electrons. The van der Waals surface area contributed by atoms with Crippen molar-refractivity contribution in [1.82, 2.24) is 0 Å². The van der Waals surface area contributed by atoms with Crippen molar-refractivity contribution in [2.45, 2.75) is 19.1 Å². The minimum atomic E-state index is -0.332. The zero-order valence-corrected chi connectivity index (χ0v) is 8.85. The molecule has 0 aliphatic heterocycles. The Morgan fingerprint density at radius 2 is 2.08 bits per heavy atom. The number of esters is 2. The average Bonchev–Trinajstić information content (AvgIpc) is 2.13. The molecular formula is C8H14O4S. The van der Waals surface area contributed by atoms with Crippen LogP contribution in [0.4, 0.5) is 0 Å². The molecule has 0 aromatic heterocycles. The van der Waals surface area contributed by atoms with Crippen molar-refractivity contribution in [3.8, 4) is 0 Å². The summed E-state index contributed by atoms with van der Waals surface area (Å²) in [6.07, 6.45) is 0. The van der Waals surface area contributed by atoms with E-state index in [0.29, 0.717) is 6.61 Å². The van der Waals surface area contributed by atoms with Crippen LogP contribution in [0.25, 0.3) is 0 Å². The molecule has 0 saturated heterocycles. The third kappa shape index (κ3) is 5.52. The Labute approximate surface area is 82.0 Å². The molecule has 0 unspecified atom stereocenters. The number of thioether (sulfide) groups is 1. The summed E-state index contributed by atoms with van der Waals surface area (Å²) in [6, 6.07) is 0. The van der Waals surface area contributed by atoms with Crippen molar-refractivity contribution in [3.63, 3.8) is 0 Å². The largest absolute Gasteiger partial charge is 0.468 e. The molecule has 0 N–H and O–H groups in total. The van der Waals surface area contributed by atoms with Crippen molar-refractivity contribution >= 4 is 23.7 Å². The Hall–Kier alpha value is -0.710. The second-order valence-corrected chi connectivity index (χ2v) is 3.61. The SMILES string of the molecule is CCOC(=O)[C@@H](C)SCC(=O)OC. The summed E-state index contributed by atoms with van der Waals surface area (Å²) in [4.78, 5) is 21.8. The molecule has 0 heterocycles. The van der Waals surface area contributed by atoms with Gasteiger partial charge in [0.2, 0.25) is 0 Å². The zero-order chi connectivity index (χ0) is 10.3. The number of carbonyl (C=O) groups excluding carboxylic acids is 2. The molecule has 0 saturated carbocycles. The van der Waals surface area contributed by atoms with Gasteiger partial charge in [-0.1, -0.05) is 0 Å². The van der Waals surface area contributed by atoms with Crippen LogP contribution in [-0.2, 0) is 19.1 Å². The molecule has 0 spiro atoms. The summed E-state index contributed by atoms with van der Waals surface area (Å²) < 4.78 is 9.19. The van der Waals surface area contributed by atoms with E-state index >= 15 is 0 Å². The maximum Gasteiger partial charge on any atom is 0.318 e. The number of hydrogen-bond donors (Lipinski definition) is 0. The van der Waals surface area contributed by atoms with Crippen LogP contribution in [0.1, 0.15) is 13.8 Å². The molecule has 4 nitrogen and oxygen atoms in total. The van der Waals surface area contributed by atoms with Gasteiger partial charge >= 0.3 is 11.9 Å². The van der Waals surface area contributed by atoms with Gasteiger partial charge in [-0.2, -0.15) is 0 Å². The number of methoxy groups -OCH3 is 1. The lowest BCUT2D eigenvalue weighted by Crippen LogP contribution is -2.19. The summed E-state index contributed by atoms with van der Waals surface area (Å²) in [6.45, 7) is 3.81. The van der Waals surface area contributed by atoms with E-state index in [1.807, 2.05) is 0 Å². The Balaban J connectivity index is 3.67. The molecule has 0 aromatic rings. The fourth-order valence-corrected chi connectivity index (χ4v) is 1.29. The van der Waals surface area contributed by atoms with Crippen molar-refractivity contribution in [2.24, 2.45) is 0 Å². The van der Waals surface area contributed by atoms with Gasteiger partial charge in [-0.3, -0.25) is 9.59 Å². The Bertz CT molecular complexity index is 181. The predicted molar refractivity (Wildman–Crippen MR) is 50.6 cm³/mol. The normalized spacial score (nSPS) is 11.9. The van der Waals surface area contributed by atoms with Gasteiger partial charge in [0.1, 0.15) is 5.25 Å². The van der Waals surface area contributed by atoms with Gasteiger partial charge < -0.3 is 9.47 Å². The molecule has 0 amide bonds. The van der Waals surface area contributed by atoms with Gasteiger partial charge in [-0.25, -0.2) is 0 Å². The predicted octanol–water partition coefficient (Wildman–Crippen LogP) is 0.844. The lowest BCUT2D eigenvalue weighted by atomic mass is 10.5. The number of ether oxygens (including phenoxy) is 2. The van der Waals surface area contributed by atoms with Crippen LogP contribution in [0.3, 0.4) is 0 Å². The van der Waals surface area contributed by atoms with E-state index in [1.54, 1.807) is 13.8 Å². The second-order valence-electron chi connectivity index (χ2n) is 2.28. The zero-order valence-electron chi connectivity index (χ0n) is 8.03. The summed E-state index contributed by atoms with van der Waals surface area (Å²) in [5, 5.41) is -0.320. The van der Waals surface area contributed by atoms with Gasteiger partial charge in [-0.15, -0.1) is 11.8 Å². The summed E-state index contributed by atoms with van der Waals surface area (Å²) in [5.74, 6) is -0.450. The van der Waals surface area contributed by atoms with Crippen LogP contribution in [0.2, 0.25) is 0 Å². The van der Waals surface area contributed by atoms with Gasteiger partial charge in [0.15, 0.2) is 0 Å². The van der Waals surface area contributed by atoms with Crippen LogP contribution in [-0.4, -0.2) is 36.7 Å². The fraction of sp³-hybridized carbons (Fsp3) is 0.750. The molecular weight excluding hydrogens is 192 g/mol. The van der Waals surface area contributed by atoms with Gasteiger partial charge in [0.25, 0.3) is 0 Å². The van der Waals surface area contributed by atoms with Crippen molar-refractivity contribution in [3.05, 3.63) is 0 Å². The molecule has 0 aliphatic carbocycles. The van der Waals surface area contributed by atoms with E-state index < -0.39 is 0 Å². The summed E-state index contributed by atoms with van der Waals surface area (Å²) >= 11 is 1.21. The smallest absolute Gasteiger partial charge is 0.318 e. The number of rotatable bonds is 5. The van der Waals surface area contributed by atoms with Crippen LogP contribution in [0.15, 0.2) is 0 Å². The first-order valence-electron chi connectivity index (χ1n) is 3.96. The van der Waals surface area contributed by atoms with E-state index in [1.165, 1.54) is 18.9 Å². The lowest BCUT2D eigenvalue weighted by molar-refractivity contribution is -0.142. The van der Waals surface area contributed by atoms with Crippen molar-refractivity contribution < 1.29 is 19.1 Å². The molecule has 0 bridgehead atoms. The minimum Gasteiger partial charge on any atom is -0.468 e. The van der Waals surface area contributed by atoms with E-state index in [0.717, 1.165) is 0 Å². The quantitative estimate of drug-likeness (QED) is 0.624. The Morgan fingerprint density at radius 3 is 2.54 bits per heavy atom. The van der Waals surface area contributed by atoms with Gasteiger partial charge in [-0.05, 0) is 13.8 Å². The molecule has 5 heteroatoms. The first-order valence-corrected chi connectivity index (χ1v) is 5.01. The highest BCUT2D eigenvalue weighted by molar-refractivity contribution is 8.01. The average molecular weight is 206 g/mol. The van der Waals surface area contributed by atoms with Crippen LogP contribution < -0.4 is 0 Å². The Morgan fingerprint density at radius 1 is 1.46 bits per heavy atom. The van der Waals surface area contributed by atoms with E-state index in [-0.39, 0.29) is 22.9 Å². The van der Waals surface area contributed by atoms with E-state index in [9.17, 15) is 9.59 Å². The van der Waals surface area contributed by atoms with E-state index in [4.69, 9.17) is 4.74 Å². The van der Waals surface area contributed by atoms with E-state index in [2.05, 4.69) is 4.74 Å². The molecule has 0 rings (SSSR count). The number of carbonyl (C=O) groups is 2. The highest BCUT2D eigenvalue weighted by Crippen LogP contribution is 2.11. The highest BCUT2D eigenvalue weighted by atomic mass is 32.2. The molecule has 0 aliphatic rings. The summed E-state index contributed by atoms with van der Waals surface area (Å²) in [7, 11) is 1.32. The summed E-state index contributed by atoms with van der Waals surface area (Å²) in [5.41, 5.74) is 0. The molecule has 76 valence electrons. The van der Waals surface area contributed by atoms with Crippen LogP contribution in [0.5, 0.6) is 0 Å². The molecule has 13 heavy (non-hydrogen) atoms. The lowest BCUT2D eigenvalue weighted by Gasteiger charge is -2.08. The first-order chi connectivity index (χ1) is 6.11.